The van der Waals surface area contributed by atoms with Gasteiger partial charge in [-0.2, -0.15) is 5.26 Å². The second kappa shape index (κ2) is 13.2. The summed E-state index contributed by atoms with van der Waals surface area (Å²) in [4.78, 5) is 17.6. The lowest BCUT2D eigenvalue weighted by molar-refractivity contribution is -0.132. The largest absolute Gasteiger partial charge is 0.497 e. The Labute approximate surface area is 253 Å². The summed E-state index contributed by atoms with van der Waals surface area (Å²) in [6, 6.07) is 34.5. The number of nitriles is 1. The van der Waals surface area contributed by atoms with Gasteiger partial charge in [-0.15, -0.1) is 22.7 Å². The summed E-state index contributed by atoms with van der Waals surface area (Å²) in [6.07, 6.45) is 3.24. The van der Waals surface area contributed by atoms with E-state index in [0.717, 1.165) is 56.0 Å². The van der Waals surface area contributed by atoms with Crippen molar-refractivity contribution >= 4 is 51.8 Å². The van der Waals surface area contributed by atoms with Crippen molar-refractivity contribution < 1.29 is 19.4 Å². The Morgan fingerprint density at radius 1 is 0.762 bits per heavy atom. The van der Waals surface area contributed by atoms with E-state index >= 15 is 0 Å². The number of methoxy groups -OCH3 is 2. The van der Waals surface area contributed by atoms with Gasteiger partial charge in [0.2, 0.25) is 0 Å². The van der Waals surface area contributed by atoms with Gasteiger partial charge in [0.15, 0.2) is 0 Å². The van der Waals surface area contributed by atoms with Crippen LogP contribution >= 0.6 is 22.7 Å². The molecule has 0 unspecified atom stereocenters. The van der Waals surface area contributed by atoms with Gasteiger partial charge in [0.25, 0.3) is 0 Å². The molecule has 0 saturated heterocycles. The summed E-state index contributed by atoms with van der Waals surface area (Å²) in [5.41, 5.74) is 4.09. The molecular formula is C34H28N2O4S2. The first kappa shape index (κ1) is 28.7. The van der Waals surface area contributed by atoms with E-state index in [-0.39, 0.29) is 5.57 Å². The Bertz CT molecular complexity index is 1680. The van der Waals surface area contributed by atoms with Crippen molar-refractivity contribution in [3.63, 3.8) is 0 Å². The number of anilines is 3. The standard InChI is InChI=1S/C34H28N2O4S2/c1-39-28-12-8-26(9-13-28)36(27-10-14-29(40-2)15-11-27)25-6-3-23(4-7-25)5-16-30-17-19-32(41-30)33-20-18-31(42-33)21-24(22-35)34(37)38/h3-4,6-15,17-21H,5,16H2,1-2H3,(H,37,38)/b24-21+. The van der Waals surface area contributed by atoms with Gasteiger partial charge in [0.1, 0.15) is 23.1 Å². The van der Waals surface area contributed by atoms with Gasteiger partial charge in [0.05, 0.1) is 14.2 Å². The zero-order chi connectivity index (χ0) is 29.5. The van der Waals surface area contributed by atoms with E-state index in [2.05, 4.69) is 41.3 Å². The molecule has 210 valence electrons. The van der Waals surface area contributed by atoms with Crippen LogP contribution in [0.15, 0.2) is 103 Å². The first-order chi connectivity index (χ1) is 20.5. The fourth-order valence-electron chi connectivity index (χ4n) is 4.48. The number of thiophene rings is 2. The summed E-state index contributed by atoms with van der Waals surface area (Å²) >= 11 is 3.22. The molecule has 2 aromatic heterocycles. The molecule has 0 aliphatic rings. The lowest BCUT2D eigenvalue weighted by Gasteiger charge is -2.26. The fraction of sp³-hybridized carbons (Fsp3) is 0.118. The molecule has 0 amide bonds. The molecule has 0 aliphatic carbocycles. The third-order valence-electron chi connectivity index (χ3n) is 6.68. The maximum atomic E-state index is 11.1. The third kappa shape index (κ3) is 6.72. The van der Waals surface area contributed by atoms with Crippen LogP contribution in [0.5, 0.6) is 11.5 Å². The lowest BCUT2D eigenvalue weighted by atomic mass is 10.1. The quantitative estimate of drug-likeness (QED) is 0.122. The molecule has 0 fully saturated rings. The van der Waals surface area contributed by atoms with Crippen LogP contribution in [-0.4, -0.2) is 25.3 Å². The summed E-state index contributed by atoms with van der Waals surface area (Å²) < 4.78 is 10.7. The number of hydrogen-bond acceptors (Lipinski definition) is 7. The van der Waals surface area contributed by atoms with E-state index in [1.165, 1.54) is 27.9 Å². The minimum atomic E-state index is -1.21. The predicted molar refractivity (Wildman–Crippen MR) is 170 cm³/mol. The zero-order valence-electron chi connectivity index (χ0n) is 23.1. The molecular weight excluding hydrogens is 565 g/mol. The van der Waals surface area contributed by atoms with Gasteiger partial charge in [-0.3, -0.25) is 0 Å². The fourth-order valence-corrected chi connectivity index (χ4v) is 6.53. The molecule has 2 heterocycles. The topological polar surface area (TPSA) is 82.8 Å². The summed E-state index contributed by atoms with van der Waals surface area (Å²) in [5.74, 6) is 0.402. The van der Waals surface area contributed by atoms with Crippen molar-refractivity contribution in [1.82, 2.24) is 0 Å². The number of aryl methyl sites for hydroxylation is 2. The van der Waals surface area contributed by atoms with E-state index < -0.39 is 5.97 Å². The zero-order valence-corrected chi connectivity index (χ0v) is 24.7. The number of carbonyl (C=O) groups is 1. The van der Waals surface area contributed by atoms with Gasteiger partial charge >= 0.3 is 5.97 Å². The minimum Gasteiger partial charge on any atom is -0.497 e. The van der Waals surface area contributed by atoms with Gasteiger partial charge in [-0.1, -0.05) is 12.1 Å². The molecule has 5 aromatic rings. The van der Waals surface area contributed by atoms with Gasteiger partial charge in [-0.05, 0) is 109 Å². The van der Waals surface area contributed by atoms with E-state index in [0.29, 0.717) is 0 Å². The van der Waals surface area contributed by atoms with Crippen molar-refractivity contribution in [2.45, 2.75) is 12.8 Å². The number of carboxylic acid groups (broad SMARTS) is 1. The van der Waals surface area contributed by atoms with Crippen molar-refractivity contribution in [2.75, 3.05) is 19.1 Å². The molecule has 5 rings (SSSR count). The number of carboxylic acids is 1. The number of ether oxygens (including phenoxy) is 2. The molecule has 0 aliphatic heterocycles. The molecule has 42 heavy (non-hydrogen) atoms. The van der Waals surface area contributed by atoms with Crippen molar-refractivity contribution in [1.29, 1.82) is 5.26 Å². The highest BCUT2D eigenvalue weighted by Crippen LogP contribution is 2.37. The Morgan fingerprint density at radius 2 is 1.29 bits per heavy atom. The number of nitrogens with zero attached hydrogens (tertiary/aromatic N) is 2. The molecule has 0 saturated carbocycles. The SMILES string of the molecule is COc1ccc(N(c2ccc(CCc3ccc(-c4ccc(/C=C(\C#N)C(=O)O)s4)s3)cc2)c2ccc(OC)cc2)cc1. The first-order valence-electron chi connectivity index (χ1n) is 13.2. The van der Waals surface area contributed by atoms with Crippen LogP contribution in [0.25, 0.3) is 15.8 Å². The van der Waals surface area contributed by atoms with E-state index in [9.17, 15) is 4.79 Å². The maximum absolute atomic E-state index is 11.1. The van der Waals surface area contributed by atoms with E-state index in [1.54, 1.807) is 31.6 Å². The highest BCUT2D eigenvalue weighted by atomic mass is 32.1. The molecule has 6 nitrogen and oxygen atoms in total. The van der Waals surface area contributed by atoms with Gasteiger partial charge < -0.3 is 19.5 Å². The average molecular weight is 593 g/mol. The Hall–Kier alpha value is -4.84. The highest BCUT2D eigenvalue weighted by Gasteiger charge is 2.14. The summed E-state index contributed by atoms with van der Waals surface area (Å²) in [7, 11) is 3.33. The monoisotopic (exact) mass is 592 g/mol. The number of rotatable bonds is 11. The minimum absolute atomic E-state index is 0.266. The average Bonchev–Trinajstić information content (AvgIpc) is 3.70. The van der Waals surface area contributed by atoms with E-state index in [4.69, 9.17) is 19.8 Å². The van der Waals surface area contributed by atoms with Crippen molar-refractivity contribution in [3.8, 4) is 27.3 Å². The molecule has 8 heteroatoms. The normalized spacial score (nSPS) is 11.1. The first-order valence-corrected chi connectivity index (χ1v) is 14.8. The van der Waals surface area contributed by atoms with Crippen LogP contribution in [0, 0.1) is 11.3 Å². The molecule has 3 aromatic carbocycles. The molecule has 0 spiro atoms. The summed E-state index contributed by atoms with van der Waals surface area (Å²) in [5, 5.41) is 18.1. The Kier molecular flexibility index (Phi) is 9.02. The van der Waals surface area contributed by atoms with Gasteiger partial charge in [-0.25, -0.2) is 4.79 Å². The van der Waals surface area contributed by atoms with Crippen LogP contribution in [0.4, 0.5) is 17.1 Å². The molecule has 0 atom stereocenters. The number of hydrogen-bond donors (Lipinski definition) is 1. The predicted octanol–water partition coefficient (Wildman–Crippen LogP) is 8.74. The molecule has 0 radical (unpaired) electrons. The lowest BCUT2D eigenvalue weighted by Crippen LogP contribution is -2.10. The highest BCUT2D eigenvalue weighted by molar-refractivity contribution is 7.22. The van der Waals surface area contributed by atoms with Crippen molar-refractivity contribution in [3.05, 3.63) is 118 Å². The van der Waals surface area contributed by atoms with Crippen LogP contribution in [0.2, 0.25) is 0 Å². The molecule has 0 bridgehead atoms. The van der Waals surface area contributed by atoms with Crippen LogP contribution in [0.1, 0.15) is 15.3 Å². The smallest absolute Gasteiger partial charge is 0.346 e. The van der Waals surface area contributed by atoms with Gasteiger partial charge in [0, 0.05) is 36.6 Å². The number of aliphatic carboxylic acids is 1. The second-order valence-corrected chi connectivity index (χ2v) is 11.6. The third-order valence-corrected chi connectivity index (χ3v) is 9.06. The summed E-state index contributed by atoms with van der Waals surface area (Å²) in [6.45, 7) is 0. The molecule has 1 N–H and O–H groups in total. The van der Waals surface area contributed by atoms with E-state index in [1.807, 2.05) is 60.7 Å². The maximum Gasteiger partial charge on any atom is 0.346 e. The van der Waals surface area contributed by atoms with Crippen LogP contribution < -0.4 is 14.4 Å². The second-order valence-electron chi connectivity index (χ2n) is 9.34. The van der Waals surface area contributed by atoms with Crippen molar-refractivity contribution in [2.24, 2.45) is 0 Å². The number of benzene rings is 3. The van der Waals surface area contributed by atoms with Crippen LogP contribution in [0.3, 0.4) is 0 Å². The Balaban J connectivity index is 1.29. The Morgan fingerprint density at radius 3 is 1.81 bits per heavy atom. The van der Waals surface area contributed by atoms with Crippen LogP contribution in [-0.2, 0) is 17.6 Å².